The summed E-state index contributed by atoms with van der Waals surface area (Å²) in [5, 5.41) is 3.39. The maximum absolute atomic E-state index is 12.7. The minimum absolute atomic E-state index is 0.0979. The molecule has 0 saturated heterocycles. The van der Waals surface area contributed by atoms with Gasteiger partial charge in [-0.3, -0.25) is 4.98 Å². The quantitative estimate of drug-likeness (QED) is 0.808. The van der Waals surface area contributed by atoms with Crippen molar-refractivity contribution in [3.8, 4) is 0 Å². The maximum atomic E-state index is 12.7. The van der Waals surface area contributed by atoms with E-state index < -0.39 is 0 Å². The molecule has 0 aliphatic carbocycles. The van der Waals surface area contributed by atoms with E-state index in [0.29, 0.717) is 12.6 Å². The summed E-state index contributed by atoms with van der Waals surface area (Å²) in [5.74, 6) is -0.306. The van der Waals surface area contributed by atoms with Gasteiger partial charge in [0, 0.05) is 19.2 Å². The van der Waals surface area contributed by atoms with Gasteiger partial charge >= 0.3 is 0 Å². The van der Waals surface area contributed by atoms with E-state index in [2.05, 4.69) is 17.2 Å². The molecule has 0 bridgehead atoms. The highest BCUT2D eigenvalue weighted by Crippen LogP contribution is 2.11. The van der Waals surface area contributed by atoms with Gasteiger partial charge in [0.1, 0.15) is 5.82 Å². The Balaban J connectivity index is 2.56. The zero-order valence-electron chi connectivity index (χ0n) is 10.0. The molecule has 1 N–H and O–H groups in total. The van der Waals surface area contributed by atoms with Gasteiger partial charge in [0.25, 0.3) is 0 Å². The van der Waals surface area contributed by atoms with Crippen LogP contribution in [0.15, 0.2) is 18.3 Å². The Kier molecular flexibility index (Phi) is 5.35. The van der Waals surface area contributed by atoms with Crippen LogP contribution in [0.2, 0.25) is 0 Å². The number of nitrogens with one attached hydrogen (secondary N) is 1. The fourth-order valence-corrected chi connectivity index (χ4v) is 1.57. The van der Waals surface area contributed by atoms with Gasteiger partial charge in [-0.1, -0.05) is 6.92 Å². The average Bonchev–Trinajstić information content (AvgIpc) is 2.29. The minimum atomic E-state index is -0.306. The lowest BCUT2D eigenvalue weighted by atomic mass is 10.1. The number of methoxy groups -OCH3 is 1. The number of pyridine rings is 1. The van der Waals surface area contributed by atoms with Crippen molar-refractivity contribution in [2.75, 3.05) is 13.7 Å². The molecular formula is C12H19FN2O. The standard InChI is InChI=1S/C12H19FN2O/c1-4-11(8-16-3)15-9(2)12-6-5-10(13)7-14-12/h5-7,9,11,15H,4,8H2,1-3H3. The fraction of sp³-hybridized carbons (Fsp3) is 0.583. The van der Waals surface area contributed by atoms with Crippen molar-refractivity contribution < 1.29 is 9.13 Å². The first-order chi connectivity index (χ1) is 7.67. The number of rotatable bonds is 6. The van der Waals surface area contributed by atoms with E-state index in [0.717, 1.165) is 12.1 Å². The second kappa shape index (κ2) is 6.55. The second-order valence-corrected chi connectivity index (χ2v) is 3.85. The molecule has 0 fully saturated rings. The summed E-state index contributed by atoms with van der Waals surface area (Å²) >= 11 is 0. The average molecular weight is 226 g/mol. The molecule has 3 nitrogen and oxygen atoms in total. The Morgan fingerprint density at radius 3 is 2.75 bits per heavy atom. The van der Waals surface area contributed by atoms with E-state index in [9.17, 15) is 4.39 Å². The predicted molar refractivity (Wildman–Crippen MR) is 61.7 cm³/mol. The van der Waals surface area contributed by atoms with Gasteiger partial charge in [-0.2, -0.15) is 0 Å². The zero-order valence-corrected chi connectivity index (χ0v) is 10.0. The first kappa shape index (κ1) is 13.1. The Morgan fingerprint density at radius 2 is 2.25 bits per heavy atom. The van der Waals surface area contributed by atoms with Gasteiger partial charge in [-0.15, -0.1) is 0 Å². The van der Waals surface area contributed by atoms with Crippen molar-refractivity contribution in [3.05, 3.63) is 29.8 Å². The molecule has 90 valence electrons. The lowest BCUT2D eigenvalue weighted by molar-refractivity contribution is 0.159. The summed E-state index contributed by atoms with van der Waals surface area (Å²) in [5.41, 5.74) is 0.843. The predicted octanol–water partition coefficient (Wildman–Crippen LogP) is 2.30. The molecule has 1 aromatic heterocycles. The van der Waals surface area contributed by atoms with Crippen LogP contribution in [0.1, 0.15) is 32.0 Å². The highest BCUT2D eigenvalue weighted by atomic mass is 19.1. The molecular weight excluding hydrogens is 207 g/mol. The molecule has 2 unspecified atom stereocenters. The summed E-state index contributed by atoms with van der Waals surface area (Å²) in [6, 6.07) is 3.53. The van der Waals surface area contributed by atoms with Gasteiger partial charge in [0.15, 0.2) is 0 Å². The van der Waals surface area contributed by atoms with Crippen molar-refractivity contribution in [1.82, 2.24) is 10.3 Å². The SMILES string of the molecule is CCC(COC)NC(C)c1ccc(F)cn1. The molecule has 16 heavy (non-hydrogen) atoms. The molecule has 0 aromatic carbocycles. The molecule has 1 rings (SSSR count). The van der Waals surface area contributed by atoms with Crippen LogP contribution in [0.25, 0.3) is 0 Å². The third-order valence-electron chi connectivity index (χ3n) is 2.54. The van der Waals surface area contributed by atoms with Crippen molar-refractivity contribution in [3.63, 3.8) is 0 Å². The van der Waals surface area contributed by atoms with Crippen molar-refractivity contribution in [1.29, 1.82) is 0 Å². The van der Waals surface area contributed by atoms with Crippen LogP contribution < -0.4 is 5.32 Å². The first-order valence-corrected chi connectivity index (χ1v) is 5.53. The van der Waals surface area contributed by atoms with E-state index >= 15 is 0 Å². The van der Waals surface area contributed by atoms with E-state index in [1.807, 2.05) is 6.92 Å². The summed E-state index contributed by atoms with van der Waals surface area (Å²) in [4.78, 5) is 4.05. The summed E-state index contributed by atoms with van der Waals surface area (Å²) in [6.45, 7) is 4.78. The van der Waals surface area contributed by atoms with Gasteiger partial charge < -0.3 is 10.1 Å². The highest BCUT2D eigenvalue weighted by molar-refractivity contribution is 5.09. The van der Waals surface area contributed by atoms with Crippen molar-refractivity contribution in [2.45, 2.75) is 32.4 Å². The second-order valence-electron chi connectivity index (χ2n) is 3.85. The molecule has 2 atom stereocenters. The largest absolute Gasteiger partial charge is 0.383 e. The topological polar surface area (TPSA) is 34.1 Å². The molecule has 0 saturated carbocycles. The zero-order chi connectivity index (χ0) is 12.0. The van der Waals surface area contributed by atoms with Gasteiger partial charge in [0.2, 0.25) is 0 Å². The van der Waals surface area contributed by atoms with Crippen molar-refractivity contribution in [2.24, 2.45) is 0 Å². The Morgan fingerprint density at radius 1 is 1.50 bits per heavy atom. The Labute approximate surface area is 96.0 Å². The lowest BCUT2D eigenvalue weighted by Gasteiger charge is -2.21. The molecule has 0 amide bonds. The van der Waals surface area contributed by atoms with Gasteiger partial charge in [0.05, 0.1) is 18.5 Å². The van der Waals surface area contributed by atoms with Crippen LogP contribution >= 0.6 is 0 Å². The van der Waals surface area contributed by atoms with E-state index in [4.69, 9.17) is 4.74 Å². The van der Waals surface area contributed by atoms with Gasteiger partial charge in [-0.25, -0.2) is 4.39 Å². The third kappa shape index (κ3) is 3.87. The summed E-state index contributed by atoms with van der Waals surface area (Å²) in [6.07, 6.45) is 2.23. The molecule has 1 aromatic rings. The number of hydrogen-bond acceptors (Lipinski definition) is 3. The van der Waals surface area contributed by atoms with E-state index in [1.54, 1.807) is 13.2 Å². The van der Waals surface area contributed by atoms with Gasteiger partial charge in [-0.05, 0) is 25.5 Å². The summed E-state index contributed by atoms with van der Waals surface area (Å²) < 4.78 is 17.8. The molecule has 0 aliphatic heterocycles. The third-order valence-corrected chi connectivity index (χ3v) is 2.54. The maximum Gasteiger partial charge on any atom is 0.141 e. The molecule has 0 spiro atoms. The number of hydrogen-bond donors (Lipinski definition) is 1. The fourth-order valence-electron chi connectivity index (χ4n) is 1.57. The monoisotopic (exact) mass is 226 g/mol. The van der Waals surface area contributed by atoms with E-state index in [-0.39, 0.29) is 11.9 Å². The van der Waals surface area contributed by atoms with E-state index in [1.165, 1.54) is 12.3 Å². The molecule has 0 aliphatic rings. The minimum Gasteiger partial charge on any atom is -0.383 e. The van der Waals surface area contributed by atoms with Crippen LogP contribution in [-0.4, -0.2) is 24.7 Å². The molecule has 0 radical (unpaired) electrons. The lowest BCUT2D eigenvalue weighted by Crippen LogP contribution is -2.34. The summed E-state index contributed by atoms with van der Waals surface area (Å²) in [7, 11) is 1.69. The van der Waals surface area contributed by atoms with Crippen LogP contribution in [-0.2, 0) is 4.74 Å². The highest BCUT2D eigenvalue weighted by Gasteiger charge is 2.12. The van der Waals surface area contributed by atoms with Crippen LogP contribution in [0.3, 0.4) is 0 Å². The van der Waals surface area contributed by atoms with Crippen LogP contribution in [0.4, 0.5) is 4.39 Å². The number of nitrogens with zero attached hydrogens (tertiary/aromatic N) is 1. The Hall–Kier alpha value is -1.00. The number of aromatic nitrogens is 1. The van der Waals surface area contributed by atoms with Crippen molar-refractivity contribution >= 4 is 0 Å². The van der Waals surface area contributed by atoms with Crippen LogP contribution in [0, 0.1) is 5.82 Å². The smallest absolute Gasteiger partial charge is 0.141 e. The molecule has 1 heterocycles. The normalized spacial score (nSPS) is 14.8. The number of halogens is 1. The Bertz CT molecular complexity index is 302. The first-order valence-electron chi connectivity index (χ1n) is 5.53. The van der Waals surface area contributed by atoms with Crippen LogP contribution in [0.5, 0.6) is 0 Å². The number of ether oxygens (including phenoxy) is 1. The molecule has 4 heteroatoms.